The molecule has 0 aromatic carbocycles. The second-order valence-electron chi connectivity index (χ2n) is 4.99. The summed E-state index contributed by atoms with van der Waals surface area (Å²) in [6.45, 7) is 6.45. The van der Waals surface area contributed by atoms with Gasteiger partial charge >= 0.3 is 5.97 Å². The van der Waals surface area contributed by atoms with Gasteiger partial charge in [-0.2, -0.15) is 0 Å². The Morgan fingerprint density at radius 1 is 1.50 bits per heavy atom. The number of halogens is 1. The van der Waals surface area contributed by atoms with Crippen molar-refractivity contribution in [3.8, 4) is 0 Å². The number of hydrogen-bond acceptors (Lipinski definition) is 4. The molecule has 1 fully saturated rings. The van der Waals surface area contributed by atoms with Crippen LogP contribution in [-0.2, 0) is 14.4 Å². The smallest absolute Gasteiger partial charge is 0.330 e. The quantitative estimate of drug-likeness (QED) is 0.384. The van der Waals surface area contributed by atoms with Gasteiger partial charge in [-0.25, -0.2) is 4.79 Å². The van der Waals surface area contributed by atoms with Gasteiger partial charge in [0.15, 0.2) is 12.1 Å². The van der Waals surface area contributed by atoms with Crippen LogP contribution < -0.4 is 4.90 Å². The Hall–Kier alpha value is -1.86. The van der Waals surface area contributed by atoms with E-state index in [4.69, 9.17) is 11.6 Å². The average Bonchev–Trinajstić information content (AvgIpc) is 2.93. The third-order valence-corrected chi connectivity index (χ3v) is 4.69. The molecule has 2 amide bonds. The van der Waals surface area contributed by atoms with Gasteiger partial charge in [0.2, 0.25) is 5.91 Å². The Labute approximate surface area is 136 Å². The Balaban J connectivity index is 2.29. The Morgan fingerprint density at radius 3 is 2.50 bits per heavy atom. The van der Waals surface area contributed by atoms with Crippen molar-refractivity contribution < 1.29 is 19.5 Å². The first kappa shape index (κ1) is 16.5. The van der Waals surface area contributed by atoms with Crippen LogP contribution in [0, 0.1) is 0 Å². The fourth-order valence-electron chi connectivity index (χ4n) is 2.43. The van der Waals surface area contributed by atoms with Crippen molar-refractivity contribution in [3.63, 3.8) is 0 Å². The predicted octanol–water partition coefficient (Wildman–Crippen LogP) is 1.91. The van der Waals surface area contributed by atoms with E-state index in [1.54, 1.807) is 17.5 Å². The maximum atomic E-state index is 12.4. The van der Waals surface area contributed by atoms with Crippen molar-refractivity contribution in [2.75, 3.05) is 4.90 Å². The van der Waals surface area contributed by atoms with Gasteiger partial charge in [-0.15, -0.1) is 11.3 Å². The van der Waals surface area contributed by atoms with E-state index in [0.717, 1.165) is 4.90 Å². The number of amides is 2. The van der Waals surface area contributed by atoms with Crippen LogP contribution in [0.2, 0.25) is 0 Å². The summed E-state index contributed by atoms with van der Waals surface area (Å²) >= 11 is 7.53. The molecular weight excluding hydrogens is 328 g/mol. The number of thiophene rings is 1. The lowest BCUT2D eigenvalue weighted by Crippen LogP contribution is -2.73. The third kappa shape index (κ3) is 2.62. The molecule has 3 atom stereocenters. The highest BCUT2D eigenvalue weighted by Crippen LogP contribution is 2.36. The number of carbonyl (C=O) groups excluding carboxylic acids is 2. The fourth-order valence-corrected chi connectivity index (χ4v) is 3.67. The summed E-state index contributed by atoms with van der Waals surface area (Å²) in [7, 11) is 0. The van der Waals surface area contributed by atoms with E-state index in [1.165, 1.54) is 30.1 Å². The van der Waals surface area contributed by atoms with Crippen LogP contribution in [0.1, 0.15) is 13.8 Å². The predicted molar refractivity (Wildman–Crippen MR) is 84.0 cm³/mol. The van der Waals surface area contributed by atoms with Gasteiger partial charge in [-0.1, -0.05) is 18.2 Å². The highest BCUT2D eigenvalue weighted by atomic mass is 35.5. The molecule has 118 valence electrons. The van der Waals surface area contributed by atoms with E-state index in [0.29, 0.717) is 10.6 Å². The fraction of sp³-hybridized carbons (Fsp3) is 0.357. The van der Waals surface area contributed by atoms with Crippen molar-refractivity contribution in [3.05, 3.63) is 29.7 Å². The molecule has 1 aromatic heterocycles. The van der Waals surface area contributed by atoms with Gasteiger partial charge in [0.05, 0.1) is 5.00 Å². The van der Waals surface area contributed by atoms with Crippen LogP contribution in [-0.4, -0.2) is 45.4 Å². The van der Waals surface area contributed by atoms with Crippen LogP contribution in [0.5, 0.6) is 0 Å². The highest BCUT2D eigenvalue weighted by Gasteiger charge is 2.55. The Morgan fingerprint density at radius 2 is 2.14 bits per heavy atom. The van der Waals surface area contributed by atoms with Crippen LogP contribution in [0.4, 0.5) is 5.00 Å². The van der Waals surface area contributed by atoms with E-state index in [2.05, 4.69) is 6.58 Å². The average molecular weight is 343 g/mol. The van der Waals surface area contributed by atoms with Crippen molar-refractivity contribution in [2.24, 2.45) is 0 Å². The molecule has 22 heavy (non-hydrogen) atoms. The lowest BCUT2D eigenvalue weighted by atomic mass is 9.98. The Bertz CT molecular complexity index is 617. The molecular formula is C14H15ClN2O4S. The van der Waals surface area contributed by atoms with Crippen molar-refractivity contribution in [1.29, 1.82) is 0 Å². The monoisotopic (exact) mass is 342 g/mol. The number of anilines is 1. The van der Waals surface area contributed by atoms with Crippen LogP contribution in [0.15, 0.2) is 29.7 Å². The summed E-state index contributed by atoms with van der Waals surface area (Å²) in [5, 5.41) is 11.6. The maximum Gasteiger partial charge on any atom is 0.330 e. The van der Waals surface area contributed by atoms with E-state index < -0.39 is 29.5 Å². The number of carbonyl (C=O) groups is 3. The first-order valence-electron chi connectivity index (χ1n) is 6.45. The summed E-state index contributed by atoms with van der Waals surface area (Å²) in [6, 6.07) is 1.37. The summed E-state index contributed by atoms with van der Waals surface area (Å²) < 4.78 is 0. The zero-order valence-electron chi connectivity index (χ0n) is 12.0. The number of hydrogen-bond donors (Lipinski definition) is 1. The molecule has 1 aliphatic rings. The van der Waals surface area contributed by atoms with Crippen molar-refractivity contribution >= 4 is 45.7 Å². The normalized spacial score (nSPS) is 22.0. The van der Waals surface area contributed by atoms with E-state index >= 15 is 0 Å². The van der Waals surface area contributed by atoms with Gasteiger partial charge < -0.3 is 10.0 Å². The van der Waals surface area contributed by atoms with Gasteiger partial charge in [0.1, 0.15) is 5.50 Å². The number of likely N-dealkylation sites (tertiary alicyclic amines) is 1. The zero-order chi connectivity index (χ0) is 16.6. The number of alkyl halides is 1. The first-order chi connectivity index (χ1) is 10.3. The first-order valence-corrected chi connectivity index (χ1v) is 7.76. The summed E-state index contributed by atoms with van der Waals surface area (Å²) in [5.41, 5.74) is -0.619. The zero-order valence-corrected chi connectivity index (χ0v) is 13.6. The lowest BCUT2D eigenvalue weighted by Gasteiger charge is -2.49. The summed E-state index contributed by atoms with van der Waals surface area (Å²) in [5.74, 6) is -2.03. The van der Waals surface area contributed by atoms with Crippen LogP contribution >= 0.6 is 22.9 Å². The molecule has 8 heteroatoms. The molecule has 1 N–H and O–H groups in total. The van der Waals surface area contributed by atoms with Gasteiger partial charge in [-0.05, 0) is 30.0 Å². The topological polar surface area (TPSA) is 77.9 Å². The number of β-lactam (4-membered cyclic amide) rings is 1. The van der Waals surface area contributed by atoms with Crippen LogP contribution in [0.25, 0.3) is 0 Å². The number of rotatable bonds is 5. The largest absolute Gasteiger partial charge is 0.479 e. The standard InChI is InChI=1S/C14H15ClN2O4S/c1-7(2)10(14(20)21)17-12(15)11(13(17)19)16(8(3)18)9-5-4-6-22-9/h4-6,10-12H,1H2,2-3H3,(H,20,21). The molecule has 2 heterocycles. The molecule has 0 radical (unpaired) electrons. The second kappa shape index (κ2) is 6.10. The SMILES string of the molecule is C=C(C)C(C(=O)O)N1C(=O)C(N(C(C)=O)c2cccs2)C1Cl. The second-order valence-corrected chi connectivity index (χ2v) is 6.36. The number of carboxylic acid groups (broad SMARTS) is 1. The Kier molecular flexibility index (Phi) is 4.58. The van der Waals surface area contributed by atoms with Gasteiger partial charge in [0, 0.05) is 6.92 Å². The van der Waals surface area contributed by atoms with E-state index in [1.807, 2.05) is 0 Å². The highest BCUT2D eigenvalue weighted by molar-refractivity contribution is 7.14. The molecule has 1 aromatic rings. The van der Waals surface area contributed by atoms with Crippen LogP contribution in [0.3, 0.4) is 0 Å². The lowest BCUT2D eigenvalue weighted by molar-refractivity contribution is -0.158. The summed E-state index contributed by atoms with van der Waals surface area (Å²) in [4.78, 5) is 38.0. The summed E-state index contributed by atoms with van der Waals surface area (Å²) in [6.07, 6.45) is 0. The number of carboxylic acids is 1. The minimum Gasteiger partial charge on any atom is -0.479 e. The molecule has 0 spiro atoms. The van der Waals surface area contributed by atoms with Gasteiger partial charge in [0.25, 0.3) is 5.91 Å². The van der Waals surface area contributed by atoms with Crippen molar-refractivity contribution in [2.45, 2.75) is 31.4 Å². The molecule has 3 unspecified atom stereocenters. The maximum absolute atomic E-state index is 12.4. The minimum atomic E-state index is -1.20. The molecule has 1 aliphatic heterocycles. The molecule has 2 rings (SSSR count). The molecule has 0 saturated carbocycles. The molecule has 0 aliphatic carbocycles. The van der Waals surface area contributed by atoms with Crippen molar-refractivity contribution in [1.82, 2.24) is 4.90 Å². The number of aliphatic carboxylic acids is 1. The molecule has 1 saturated heterocycles. The number of nitrogens with zero attached hydrogens (tertiary/aromatic N) is 2. The minimum absolute atomic E-state index is 0.301. The van der Waals surface area contributed by atoms with Gasteiger partial charge in [-0.3, -0.25) is 14.5 Å². The molecule has 6 nitrogen and oxygen atoms in total. The van der Waals surface area contributed by atoms with E-state index in [-0.39, 0.29) is 5.91 Å². The van der Waals surface area contributed by atoms with E-state index in [9.17, 15) is 19.5 Å². The molecule has 0 bridgehead atoms. The third-order valence-electron chi connectivity index (χ3n) is 3.37.